The number of carbonyl (C=O) groups is 2. The lowest BCUT2D eigenvalue weighted by molar-refractivity contribution is -0.137. The SMILES string of the molecule is CC(=O)CCc1ccc(C(F)(F)F)cc1.CC(=O)c1ccc2[nH]c(=O)oc2c1.CCCC.CCCC.CCCC(C)CCC. The molecule has 3 aromatic rings. The highest BCUT2D eigenvalue weighted by Crippen LogP contribution is 2.29. The number of hydrogen-bond donors (Lipinski definition) is 1. The first-order valence-corrected chi connectivity index (χ1v) is 16.0. The Hall–Kier alpha value is -3.16. The monoisotopic (exact) mass is 623 g/mol. The van der Waals surface area contributed by atoms with Crippen LogP contribution in [0.1, 0.15) is 142 Å². The summed E-state index contributed by atoms with van der Waals surface area (Å²) in [5, 5.41) is 0. The number of ketones is 2. The summed E-state index contributed by atoms with van der Waals surface area (Å²) in [6.45, 7) is 18.5. The number of rotatable bonds is 10. The zero-order valence-corrected chi connectivity index (χ0v) is 28.5. The molecule has 1 heterocycles. The van der Waals surface area contributed by atoms with Crippen molar-refractivity contribution < 1.29 is 27.2 Å². The maximum atomic E-state index is 12.2. The van der Waals surface area contributed by atoms with Crippen molar-refractivity contribution in [2.24, 2.45) is 5.92 Å². The molecule has 0 atom stereocenters. The molecule has 0 saturated carbocycles. The molecule has 1 N–H and O–H groups in total. The molecule has 0 bridgehead atoms. The van der Waals surface area contributed by atoms with E-state index in [0.717, 1.165) is 23.6 Å². The van der Waals surface area contributed by atoms with Gasteiger partial charge in [0, 0.05) is 12.0 Å². The van der Waals surface area contributed by atoms with Gasteiger partial charge in [-0.25, -0.2) is 4.79 Å². The highest BCUT2D eigenvalue weighted by molar-refractivity contribution is 5.96. The van der Waals surface area contributed by atoms with Crippen LogP contribution in [-0.2, 0) is 17.4 Å². The molecule has 0 aliphatic heterocycles. The third kappa shape index (κ3) is 21.5. The Morgan fingerprint density at radius 3 is 1.68 bits per heavy atom. The van der Waals surface area contributed by atoms with Crippen LogP contribution in [0.15, 0.2) is 51.7 Å². The van der Waals surface area contributed by atoms with Gasteiger partial charge in [-0.15, -0.1) is 0 Å². The van der Waals surface area contributed by atoms with Gasteiger partial charge in [0.05, 0.1) is 11.1 Å². The first-order valence-electron chi connectivity index (χ1n) is 16.0. The molecular weight excluding hydrogens is 567 g/mol. The van der Waals surface area contributed by atoms with Crippen LogP contribution < -0.4 is 5.76 Å². The fourth-order valence-electron chi connectivity index (χ4n) is 3.48. The first-order chi connectivity index (χ1) is 20.7. The van der Waals surface area contributed by atoms with Crippen LogP contribution in [0.2, 0.25) is 0 Å². The zero-order valence-electron chi connectivity index (χ0n) is 28.5. The van der Waals surface area contributed by atoms with Crippen molar-refractivity contribution in [1.82, 2.24) is 4.98 Å². The Morgan fingerprint density at radius 2 is 1.30 bits per heavy atom. The van der Waals surface area contributed by atoms with Crippen molar-refractivity contribution in [2.75, 3.05) is 0 Å². The Bertz CT molecular complexity index is 1200. The lowest BCUT2D eigenvalue weighted by atomic mass is 10.0. The van der Waals surface area contributed by atoms with E-state index in [1.54, 1.807) is 18.2 Å². The number of aryl methyl sites for hydroxylation is 1. The van der Waals surface area contributed by atoms with Crippen LogP contribution >= 0.6 is 0 Å². The summed E-state index contributed by atoms with van der Waals surface area (Å²) >= 11 is 0. The summed E-state index contributed by atoms with van der Waals surface area (Å²) in [4.78, 5) is 34.9. The second-order valence-electron chi connectivity index (χ2n) is 10.9. The van der Waals surface area contributed by atoms with E-state index >= 15 is 0 Å². The highest BCUT2D eigenvalue weighted by Gasteiger charge is 2.29. The molecule has 3 rings (SSSR count). The van der Waals surface area contributed by atoms with E-state index in [9.17, 15) is 27.6 Å². The Labute approximate surface area is 263 Å². The van der Waals surface area contributed by atoms with Gasteiger partial charge in [-0.2, -0.15) is 13.2 Å². The average Bonchev–Trinajstić information content (AvgIpc) is 3.36. The minimum Gasteiger partial charge on any atom is -0.408 e. The number of carbonyl (C=O) groups excluding carboxylic acids is 2. The van der Waals surface area contributed by atoms with E-state index < -0.39 is 17.5 Å². The van der Waals surface area contributed by atoms with Gasteiger partial charge in [0.25, 0.3) is 0 Å². The molecule has 0 saturated heterocycles. The Morgan fingerprint density at radius 1 is 0.795 bits per heavy atom. The van der Waals surface area contributed by atoms with Crippen LogP contribution in [-0.4, -0.2) is 16.6 Å². The molecule has 5 nitrogen and oxygen atoms in total. The second-order valence-corrected chi connectivity index (χ2v) is 10.9. The van der Waals surface area contributed by atoms with Gasteiger partial charge in [-0.05, 0) is 62.1 Å². The standard InChI is InChI=1S/C11H11F3O.C9H7NO3.C8H18.2C4H10/c1-8(15)2-3-9-4-6-10(7-5-9)11(12,13)14;1-5(11)6-2-3-7-8(4-6)13-9(12)10-7;1-4-6-8(3)7-5-2;2*1-3-4-2/h4-7H,2-3H2,1H3;2-4H,1H3,(H,10,12);8H,4-7H2,1-3H3;2*3-4H2,1-2H3. The minimum absolute atomic E-state index is 0.0369. The molecule has 0 amide bonds. The quantitative estimate of drug-likeness (QED) is 0.228. The molecule has 250 valence electrons. The molecule has 0 spiro atoms. The van der Waals surface area contributed by atoms with E-state index in [0.29, 0.717) is 29.5 Å². The zero-order chi connectivity index (χ0) is 34.1. The Balaban J connectivity index is 0. The van der Waals surface area contributed by atoms with Crippen LogP contribution in [0.25, 0.3) is 11.1 Å². The van der Waals surface area contributed by atoms with E-state index in [1.807, 2.05) is 0 Å². The summed E-state index contributed by atoms with van der Waals surface area (Å²) < 4.78 is 41.3. The number of fused-ring (bicyclic) bond motifs is 1. The molecular formula is C36H56F3NO4. The van der Waals surface area contributed by atoms with E-state index in [2.05, 4.69) is 53.5 Å². The average molecular weight is 624 g/mol. The maximum absolute atomic E-state index is 12.2. The number of H-pyrrole nitrogens is 1. The van der Waals surface area contributed by atoms with E-state index in [4.69, 9.17) is 4.42 Å². The number of unbranched alkanes of at least 4 members (excludes halogenated alkanes) is 2. The third-order valence-corrected chi connectivity index (χ3v) is 6.44. The molecule has 8 heteroatoms. The van der Waals surface area contributed by atoms with Gasteiger partial charge in [0.15, 0.2) is 11.4 Å². The summed E-state index contributed by atoms with van der Waals surface area (Å²) in [5.41, 5.74) is 1.65. The van der Waals surface area contributed by atoms with Crippen LogP contribution in [0.3, 0.4) is 0 Å². The molecule has 0 aliphatic carbocycles. The largest absolute Gasteiger partial charge is 0.417 e. The number of Topliss-reactive ketones (excluding diaryl/α,β-unsaturated/α-hetero) is 2. The van der Waals surface area contributed by atoms with Crippen molar-refractivity contribution in [3.63, 3.8) is 0 Å². The van der Waals surface area contributed by atoms with Gasteiger partial charge < -0.3 is 9.21 Å². The van der Waals surface area contributed by atoms with Gasteiger partial charge in [0.1, 0.15) is 5.78 Å². The predicted molar refractivity (Wildman–Crippen MR) is 177 cm³/mol. The normalized spacial score (nSPS) is 10.3. The van der Waals surface area contributed by atoms with Gasteiger partial charge in [-0.1, -0.05) is 112 Å². The van der Waals surface area contributed by atoms with Gasteiger partial charge in [-0.3, -0.25) is 9.78 Å². The molecule has 1 aromatic heterocycles. The molecule has 0 unspecified atom stereocenters. The Kier molecular flexibility index (Phi) is 24.6. The van der Waals surface area contributed by atoms with Crippen LogP contribution in [0, 0.1) is 5.92 Å². The number of hydrogen-bond acceptors (Lipinski definition) is 4. The predicted octanol–water partition coefficient (Wildman–Crippen LogP) is 11.4. The summed E-state index contributed by atoms with van der Waals surface area (Å²) in [5.74, 6) is 0.446. The van der Waals surface area contributed by atoms with Crippen LogP contribution in [0.5, 0.6) is 0 Å². The molecule has 0 aliphatic rings. The first kappa shape index (κ1) is 43.0. The number of aromatic nitrogens is 1. The molecule has 0 radical (unpaired) electrons. The lowest BCUT2D eigenvalue weighted by Gasteiger charge is -2.06. The van der Waals surface area contributed by atoms with Gasteiger partial charge in [0.2, 0.25) is 0 Å². The van der Waals surface area contributed by atoms with Crippen molar-refractivity contribution in [3.8, 4) is 0 Å². The maximum Gasteiger partial charge on any atom is 0.417 e. The van der Waals surface area contributed by atoms with Crippen molar-refractivity contribution in [2.45, 2.75) is 133 Å². The number of nitrogens with one attached hydrogen (secondary N) is 1. The topological polar surface area (TPSA) is 80.1 Å². The fraction of sp³-hybridized carbons (Fsp3) is 0.583. The van der Waals surface area contributed by atoms with E-state index in [1.165, 1.54) is 77.3 Å². The van der Waals surface area contributed by atoms with Crippen molar-refractivity contribution in [3.05, 3.63) is 69.7 Å². The smallest absolute Gasteiger partial charge is 0.408 e. The number of alkyl halides is 3. The van der Waals surface area contributed by atoms with Gasteiger partial charge >= 0.3 is 11.9 Å². The summed E-state index contributed by atoms with van der Waals surface area (Å²) in [6, 6.07) is 9.74. The van der Waals surface area contributed by atoms with E-state index in [-0.39, 0.29) is 11.6 Å². The number of oxazole rings is 1. The second kappa shape index (κ2) is 25.2. The van der Waals surface area contributed by atoms with Crippen LogP contribution in [0.4, 0.5) is 13.2 Å². The number of benzene rings is 2. The fourth-order valence-corrected chi connectivity index (χ4v) is 3.48. The molecule has 2 aromatic carbocycles. The van der Waals surface area contributed by atoms with Crippen molar-refractivity contribution >= 4 is 22.7 Å². The molecule has 44 heavy (non-hydrogen) atoms. The third-order valence-electron chi connectivity index (χ3n) is 6.44. The van der Waals surface area contributed by atoms with Crippen molar-refractivity contribution in [1.29, 1.82) is 0 Å². The minimum atomic E-state index is -4.29. The highest BCUT2D eigenvalue weighted by atomic mass is 19.4. The lowest BCUT2D eigenvalue weighted by Crippen LogP contribution is -2.04. The summed E-state index contributed by atoms with van der Waals surface area (Å²) in [7, 11) is 0. The summed E-state index contributed by atoms with van der Waals surface area (Å²) in [6.07, 6.45) is 7.36. The number of aromatic amines is 1. The number of halogens is 3. The molecule has 0 fully saturated rings.